The molecule has 0 aliphatic heterocycles. The summed E-state index contributed by atoms with van der Waals surface area (Å²) in [6.45, 7) is 0. The first-order valence-corrected chi connectivity index (χ1v) is 5.87. The molecular formula is C13H11ClN2S. The molecular weight excluding hydrogens is 252 g/mol. The van der Waals surface area contributed by atoms with E-state index in [9.17, 15) is 0 Å². The molecule has 0 aliphatic carbocycles. The molecule has 2 rings (SSSR count). The molecule has 2 aromatic rings. The van der Waals surface area contributed by atoms with E-state index in [0.717, 1.165) is 16.8 Å². The van der Waals surface area contributed by atoms with Gasteiger partial charge in [0, 0.05) is 16.3 Å². The van der Waals surface area contributed by atoms with Crippen molar-refractivity contribution in [1.29, 1.82) is 0 Å². The summed E-state index contributed by atoms with van der Waals surface area (Å²) in [4.78, 5) is 0. The third-order valence-electron chi connectivity index (χ3n) is 2.32. The van der Waals surface area contributed by atoms with Crippen molar-refractivity contribution in [1.82, 2.24) is 0 Å². The fourth-order valence-electron chi connectivity index (χ4n) is 1.61. The smallest absolute Gasteiger partial charge is 0.168 e. The number of benzene rings is 2. The Morgan fingerprint density at radius 1 is 1.12 bits per heavy atom. The lowest BCUT2D eigenvalue weighted by atomic mass is 10.0. The fourth-order valence-corrected chi connectivity index (χ4v) is 1.90. The maximum Gasteiger partial charge on any atom is 0.168 e. The molecule has 0 saturated carbocycles. The predicted octanol–water partition coefficient (Wildman–Crippen LogP) is 3.66. The number of nitrogens with one attached hydrogen (secondary N) is 1. The van der Waals surface area contributed by atoms with Gasteiger partial charge in [0.1, 0.15) is 0 Å². The number of hydrogen-bond donors (Lipinski definition) is 2. The Kier molecular flexibility index (Phi) is 3.61. The van der Waals surface area contributed by atoms with Gasteiger partial charge in [0.05, 0.1) is 0 Å². The summed E-state index contributed by atoms with van der Waals surface area (Å²) in [5.41, 5.74) is 8.39. The van der Waals surface area contributed by atoms with Crippen LogP contribution in [0.15, 0.2) is 48.5 Å². The molecule has 3 N–H and O–H groups in total. The largest absolute Gasteiger partial charge is 0.376 e. The molecule has 86 valence electrons. The maximum atomic E-state index is 6.01. The zero-order chi connectivity index (χ0) is 12.3. The van der Waals surface area contributed by atoms with E-state index in [1.807, 2.05) is 42.5 Å². The van der Waals surface area contributed by atoms with Gasteiger partial charge in [-0.05, 0) is 36.0 Å². The van der Waals surface area contributed by atoms with Crippen molar-refractivity contribution in [2.45, 2.75) is 0 Å². The summed E-state index contributed by atoms with van der Waals surface area (Å²) in [5.74, 6) is 0. The van der Waals surface area contributed by atoms with E-state index < -0.39 is 0 Å². The van der Waals surface area contributed by atoms with Gasteiger partial charge in [0.25, 0.3) is 0 Å². The normalized spacial score (nSPS) is 9.94. The number of anilines is 1. The second-order valence-corrected chi connectivity index (χ2v) is 4.42. The van der Waals surface area contributed by atoms with Crippen molar-refractivity contribution in [2.24, 2.45) is 5.73 Å². The first-order valence-electron chi connectivity index (χ1n) is 5.08. The third-order valence-corrected chi connectivity index (χ3v) is 2.66. The van der Waals surface area contributed by atoms with E-state index in [4.69, 9.17) is 29.6 Å². The van der Waals surface area contributed by atoms with Gasteiger partial charge in [-0.2, -0.15) is 0 Å². The van der Waals surface area contributed by atoms with Crippen molar-refractivity contribution in [2.75, 3.05) is 5.32 Å². The van der Waals surface area contributed by atoms with Crippen LogP contribution in [-0.4, -0.2) is 5.11 Å². The van der Waals surface area contributed by atoms with Crippen LogP contribution in [0.5, 0.6) is 0 Å². The van der Waals surface area contributed by atoms with E-state index in [1.165, 1.54) is 0 Å². The number of hydrogen-bond acceptors (Lipinski definition) is 1. The van der Waals surface area contributed by atoms with Crippen molar-refractivity contribution in [3.8, 4) is 11.1 Å². The number of nitrogens with two attached hydrogens (primary N) is 1. The Bertz CT molecular complexity index is 540. The second-order valence-electron chi connectivity index (χ2n) is 3.55. The van der Waals surface area contributed by atoms with Crippen molar-refractivity contribution in [3.05, 3.63) is 53.6 Å². The standard InChI is InChI=1S/C13H11ClN2S/c14-10-6-7-12(16-13(15)17)11(8-10)9-4-2-1-3-5-9/h1-8H,(H3,15,16,17). The summed E-state index contributed by atoms with van der Waals surface area (Å²) in [6, 6.07) is 15.5. The van der Waals surface area contributed by atoms with Gasteiger partial charge in [0.2, 0.25) is 0 Å². The van der Waals surface area contributed by atoms with Crippen LogP contribution in [0, 0.1) is 0 Å². The highest BCUT2D eigenvalue weighted by molar-refractivity contribution is 7.80. The summed E-state index contributed by atoms with van der Waals surface area (Å²) >= 11 is 10.9. The van der Waals surface area contributed by atoms with E-state index >= 15 is 0 Å². The van der Waals surface area contributed by atoms with Crippen molar-refractivity contribution >= 4 is 34.6 Å². The molecule has 0 aromatic heterocycles. The Hall–Kier alpha value is -1.58. The molecule has 0 atom stereocenters. The van der Waals surface area contributed by atoms with Gasteiger partial charge in [-0.3, -0.25) is 0 Å². The third kappa shape index (κ3) is 2.96. The summed E-state index contributed by atoms with van der Waals surface area (Å²) in [7, 11) is 0. The molecule has 4 heteroatoms. The molecule has 0 unspecified atom stereocenters. The van der Waals surface area contributed by atoms with Crippen LogP contribution in [-0.2, 0) is 0 Å². The van der Waals surface area contributed by atoms with Crippen molar-refractivity contribution < 1.29 is 0 Å². The summed E-state index contributed by atoms with van der Waals surface area (Å²) in [5, 5.41) is 3.87. The van der Waals surface area contributed by atoms with E-state index in [0.29, 0.717) is 5.02 Å². The Labute approximate surface area is 110 Å². The molecule has 0 spiro atoms. The first kappa shape index (κ1) is 11.9. The lowest BCUT2D eigenvalue weighted by molar-refractivity contribution is 1.57. The predicted molar refractivity (Wildman–Crippen MR) is 77.3 cm³/mol. The van der Waals surface area contributed by atoms with Gasteiger partial charge in [-0.15, -0.1) is 0 Å². The van der Waals surface area contributed by atoms with Gasteiger partial charge in [0.15, 0.2) is 5.11 Å². The van der Waals surface area contributed by atoms with Crippen LogP contribution in [0.1, 0.15) is 0 Å². The Morgan fingerprint density at radius 3 is 2.47 bits per heavy atom. The minimum atomic E-state index is 0.240. The Balaban J connectivity index is 2.51. The lowest BCUT2D eigenvalue weighted by Crippen LogP contribution is -2.19. The molecule has 0 amide bonds. The molecule has 2 nitrogen and oxygen atoms in total. The molecule has 0 bridgehead atoms. The molecule has 0 aliphatic rings. The Morgan fingerprint density at radius 2 is 1.82 bits per heavy atom. The molecule has 17 heavy (non-hydrogen) atoms. The lowest BCUT2D eigenvalue weighted by Gasteiger charge is -2.11. The second kappa shape index (κ2) is 5.17. The minimum Gasteiger partial charge on any atom is -0.376 e. The summed E-state index contributed by atoms with van der Waals surface area (Å²) in [6.07, 6.45) is 0. The van der Waals surface area contributed by atoms with E-state index in [1.54, 1.807) is 6.07 Å². The van der Waals surface area contributed by atoms with Crippen LogP contribution in [0.2, 0.25) is 5.02 Å². The monoisotopic (exact) mass is 262 g/mol. The zero-order valence-electron chi connectivity index (χ0n) is 8.98. The van der Waals surface area contributed by atoms with E-state index in [-0.39, 0.29) is 5.11 Å². The highest BCUT2D eigenvalue weighted by Crippen LogP contribution is 2.30. The van der Waals surface area contributed by atoms with Gasteiger partial charge >= 0.3 is 0 Å². The summed E-state index contributed by atoms with van der Waals surface area (Å²) < 4.78 is 0. The first-order chi connectivity index (χ1) is 8.16. The fraction of sp³-hybridized carbons (Fsp3) is 0. The topological polar surface area (TPSA) is 38.0 Å². The van der Waals surface area contributed by atoms with Gasteiger partial charge < -0.3 is 11.1 Å². The number of thiocarbonyl (C=S) groups is 1. The van der Waals surface area contributed by atoms with Gasteiger partial charge in [-0.1, -0.05) is 41.9 Å². The molecule has 0 heterocycles. The molecule has 0 fully saturated rings. The number of rotatable bonds is 2. The maximum absolute atomic E-state index is 6.01. The average molecular weight is 263 g/mol. The van der Waals surface area contributed by atoms with Crippen LogP contribution in [0.3, 0.4) is 0 Å². The molecule has 0 saturated heterocycles. The van der Waals surface area contributed by atoms with E-state index in [2.05, 4.69) is 5.32 Å². The highest BCUT2D eigenvalue weighted by atomic mass is 35.5. The van der Waals surface area contributed by atoms with Crippen LogP contribution < -0.4 is 11.1 Å². The van der Waals surface area contributed by atoms with Crippen LogP contribution >= 0.6 is 23.8 Å². The number of halogens is 1. The van der Waals surface area contributed by atoms with Crippen LogP contribution in [0.4, 0.5) is 5.69 Å². The SMILES string of the molecule is NC(=S)Nc1ccc(Cl)cc1-c1ccccc1. The quantitative estimate of drug-likeness (QED) is 0.811. The van der Waals surface area contributed by atoms with Crippen LogP contribution in [0.25, 0.3) is 11.1 Å². The molecule has 2 aromatic carbocycles. The zero-order valence-corrected chi connectivity index (χ0v) is 10.6. The molecule has 0 radical (unpaired) electrons. The van der Waals surface area contributed by atoms with Gasteiger partial charge in [-0.25, -0.2) is 0 Å². The van der Waals surface area contributed by atoms with Crippen molar-refractivity contribution in [3.63, 3.8) is 0 Å². The highest BCUT2D eigenvalue weighted by Gasteiger charge is 2.06. The minimum absolute atomic E-state index is 0.240. The average Bonchev–Trinajstić information content (AvgIpc) is 2.32.